The summed E-state index contributed by atoms with van der Waals surface area (Å²) in [6.07, 6.45) is 0. The second-order valence-electron chi connectivity index (χ2n) is 5.20. The third-order valence-electron chi connectivity index (χ3n) is 3.04. The zero-order valence-electron chi connectivity index (χ0n) is 12.2. The highest BCUT2D eigenvalue weighted by atomic mass is 35.5. The first-order valence-electron chi connectivity index (χ1n) is 6.64. The minimum absolute atomic E-state index is 0.0244. The number of halogens is 1. The van der Waals surface area contributed by atoms with Gasteiger partial charge in [-0.3, -0.25) is 9.59 Å². The third-order valence-corrected chi connectivity index (χ3v) is 3.29. The summed E-state index contributed by atoms with van der Waals surface area (Å²) in [6, 6.07) is 6.64. The van der Waals surface area contributed by atoms with Crippen molar-refractivity contribution in [1.29, 1.82) is 0 Å². The molecule has 0 bridgehead atoms. The van der Waals surface area contributed by atoms with Crippen molar-refractivity contribution in [3.05, 3.63) is 34.9 Å². The molecule has 0 spiro atoms. The SMILES string of the molecule is CC(=O)N[C@H](C(=O)N[C@@H](C)c1ccc(Cl)cc1)C(C)C. The Morgan fingerprint density at radius 3 is 2.05 bits per heavy atom. The van der Waals surface area contributed by atoms with Crippen molar-refractivity contribution < 1.29 is 9.59 Å². The summed E-state index contributed by atoms with van der Waals surface area (Å²) < 4.78 is 0. The molecule has 0 heterocycles. The molecule has 1 aromatic carbocycles. The third kappa shape index (κ3) is 4.85. The number of rotatable bonds is 5. The molecule has 2 amide bonds. The molecule has 0 aliphatic rings. The molecule has 4 nitrogen and oxygen atoms in total. The van der Waals surface area contributed by atoms with Gasteiger partial charge in [-0.05, 0) is 30.5 Å². The molecule has 0 saturated heterocycles. The Morgan fingerprint density at radius 1 is 1.05 bits per heavy atom. The summed E-state index contributed by atoms with van der Waals surface area (Å²) in [5.41, 5.74) is 0.966. The Morgan fingerprint density at radius 2 is 1.60 bits per heavy atom. The molecule has 1 rings (SSSR count). The molecule has 110 valence electrons. The van der Waals surface area contributed by atoms with Crippen LogP contribution in [-0.4, -0.2) is 17.9 Å². The van der Waals surface area contributed by atoms with E-state index in [4.69, 9.17) is 11.6 Å². The van der Waals surface area contributed by atoms with Crippen LogP contribution in [0, 0.1) is 5.92 Å². The highest BCUT2D eigenvalue weighted by Gasteiger charge is 2.24. The van der Waals surface area contributed by atoms with Crippen molar-refractivity contribution >= 4 is 23.4 Å². The van der Waals surface area contributed by atoms with Crippen molar-refractivity contribution in [3.8, 4) is 0 Å². The summed E-state index contributed by atoms with van der Waals surface area (Å²) in [4.78, 5) is 23.4. The fourth-order valence-electron chi connectivity index (χ4n) is 1.89. The quantitative estimate of drug-likeness (QED) is 0.877. The van der Waals surface area contributed by atoms with Crippen LogP contribution in [-0.2, 0) is 9.59 Å². The number of benzene rings is 1. The number of carbonyl (C=O) groups excluding carboxylic acids is 2. The number of hydrogen-bond donors (Lipinski definition) is 2. The van der Waals surface area contributed by atoms with Crippen molar-refractivity contribution in [2.75, 3.05) is 0 Å². The van der Waals surface area contributed by atoms with Gasteiger partial charge in [0.15, 0.2) is 0 Å². The monoisotopic (exact) mass is 296 g/mol. The first-order chi connectivity index (χ1) is 9.31. The van der Waals surface area contributed by atoms with Crippen LogP contribution in [0.25, 0.3) is 0 Å². The molecule has 0 aliphatic carbocycles. The molecule has 20 heavy (non-hydrogen) atoms. The fourth-order valence-corrected chi connectivity index (χ4v) is 2.02. The second kappa shape index (κ2) is 7.29. The Hall–Kier alpha value is -1.55. The molecular formula is C15H21ClN2O2. The number of hydrogen-bond acceptors (Lipinski definition) is 2. The highest BCUT2D eigenvalue weighted by Crippen LogP contribution is 2.16. The van der Waals surface area contributed by atoms with E-state index in [2.05, 4.69) is 10.6 Å². The summed E-state index contributed by atoms with van der Waals surface area (Å²) in [6.45, 7) is 7.10. The van der Waals surface area contributed by atoms with Gasteiger partial charge in [-0.15, -0.1) is 0 Å². The van der Waals surface area contributed by atoms with Gasteiger partial charge < -0.3 is 10.6 Å². The smallest absolute Gasteiger partial charge is 0.243 e. The molecular weight excluding hydrogens is 276 g/mol. The zero-order chi connectivity index (χ0) is 15.3. The Labute approximate surface area is 124 Å². The van der Waals surface area contributed by atoms with Gasteiger partial charge in [-0.25, -0.2) is 0 Å². The molecule has 2 atom stereocenters. The van der Waals surface area contributed by atoms with E-state index in [0.717, 1.165) is 5.56 Å². The van der Waals surface area contributed by atoms with Gasteiger partial charge in [0.25, 0.3) is 0 Å². The summed E-state index contributed by atoms with van der Waals surface area (Å²) in [7, 11) is 0. The molecule has 0 saturated carbocycles. The van der Waals surface area contributed by atoms with Gasteiger partial charge in [0.05, 0.1) is 6.04 Å². The predicted octanol–water partition coefficient (Wildman–Crippen LogP) is 2.68. The lowest BCUT2D eigenvalue weighted by molar-refractivity contribution is -0.129. The van der Waals surface area contributed by atoms with Gasteiger partial charge in [-0.1, -0.05) is 37.6 Å². The standard InChI is InChI=1S/C15H21ClN2O2/c1-9(2)14(18-11(4)19)15(20)17-10(3)12-5-7-13(16)8-6-12/h5-10,14H,1-4H3,(H,17,20)(H,18,19)/t10-,14-/m0/s1. The lowest BCUT2D eigenvalue weighted by atomic mass is 10.0. The average molecular weight is 297 g/mol. The van der Waals surface area contributed by atoms with E-state index < -0.39 is 6.04 Å². The molecule has 1 aromatic rings. The van der Waals surface area contributed by atoms with E-state index >= 15 is 0 Å². The maximum atomic E-state index is 12.2. The molecule has 0 fully saturated rings. The Kier molecular flexibility index (Phi) is 6.02. The van der Waals surface area contributed by atoms with Crippen molar-refractivity contribution in [2.24, 2.45) is 5.92 Å². The van der Waals surface area contributed by atoms with E-state index in [1.807, 2.05) is 32.9 Å². The first kappa shape index (κ1) is 16.5. The molecule has 0 aliphatic heterocycles. The minimum Gasteiger partial charge on any atom is -0.348 e. The van der Waals surface area contributed by atoms with E-state index in [-0.39, 0.29) is 23.8 Å². The van der Waals surface area contributed by atoms with E-state index in [0.29, 0.717) is 5.02 Å². The van der Waals surface area contributed by atoms with Crippen LogP contribution >= 0.6 is 11.6 Å². The summed E-state index contributed by atoms with van der Waals surface area (Å²) >= 11 is 5.84. The Bertz CT molecular complexity index is 471. The van der Waals surface area contributed by atoms with Crippen LogP contribution in [0.4, 0.5) is 0 Å². The van der Waals surface area contributed by atoms with Crippen molar-refractivity contribution in [2.45, 2.75) is 39.8 Å². The van der Waals surface area contributed by atoms with E-state index in [1.165, 1.54) is 6.92 Å². The maximum absolute atomic E-state index is 12.2. The second-order valence-corrected chi connectivity index (χ2v) is 5.64. The van der Waals surface area contributed by atoms with Crippen LogP contribution in [0.2, 0.25) is 5.02 Å². The average Bonchev–Trinajstić information content (AvgIpc) is 2.35. The number of amides is 2. The van der Waals surface area contributed by atoms with Crippen LogP contribution in [0.15, 0.2) is 24.3 Å². The van der Waals surface area contributed by atoms with Crippen LogP contribution < -0.4 is 10.6 Å². The van der Waals surface area contributed by atoms with Crippen LogP contribution in [0.5, 0.6) is 0 Å². The van der Waals surface area contributed by atoms with Crippen molar-refractivity contribution in [3.63, 3.8) is 0 Å². The van der Waals surface area contributed by atoms with Crippen LogP contribution in [0.3, 0.4) is 0 Å². The van der Waals surface area contributed by atoms with Crippen LogP contribution in [0.1, 0.15) is 39.3 Å². The maximum Gasteiger partial charge on any atom is 0.243 e. The highest BCUT2D eigenvalue weighted by molar-refractivity contribution is 6.30. The topological polar surface area (TPSA) is 58.2 Å². The molecule has 2 N–H and O–H groups in total. The van der Waals surface area contributed by atoms with Gasteiger partial charge in [-0.2, -0.15) is 0 Å². The molecule has 0 radical (unpaired) electrons. The molecule has 5 heteroatoms. The molecule has 0 aromatic heterocycles. The Balaban J connectivity index is 2.72. The van der Waals surface area contributed by atoms with Gasteiger partial charge >= 0.3 is 0 Å². The van der Waals surface area contributed by atoms with Gasteiger partial charge in [0, 0.05) is 11.9 Å². The normalized spacial score (nSPS) is 13.7. The first-order valence-corrected chi connectivity index (χ1v) is 7.02. The largest absolute Gasteiger partial charge is 0.348 e. The molecule has 0 unspecified atom stereocenters. The summed E-state index contributed by atoms with van der Waals surface area (Å²) in [5.74, 6) is -0.369. The lowest BCUT2D eigenvalue weighted by Gasteiger charge is -2.23. The summed E-state index contributed by atoms with van der Waals surface area (Å²) in [5, 5.41) is 6.24. The van der Waals surface area contributed by atoms with E-state index in [1.54, 1.807) is 12.1 Å². The fraction of sp³-hybridized carbons (Fsp3) is 0.467. The van der Waals surface area contributed by atoms with E-state index in [9.17, 15) is 9.59 Å². The number of nitrogens with one attached hydrogen (secondary N) is 2. The number of carbonyl (C=O) groups is 2. The van der Waals surface area contributed by atoms with Crippen molar-refractivity contribution in [1.82, 2.24) is 10.6 Å². The predicted molar refractivity (Wildman–Crippen MR) is 80.5 cm³/mol. The lowest BCUT2D eigenvalue weighted by Crippen LogP contribution is -2.49. The van der Waals surface area contributed by atoms with Gasteiger partial charge in [0.2, 0.25) is 11.8 Å². The van der Waals surface area contributed by atoms with Gasteiger partial charge in [0.1, 0.15) is 6.04 Å². The zero-order valence-corrected chi connectivity index (χ0v) is 13.0. The minimum atomic E-state index is -0.526.